The van der Waals surface area contributed by atoms with E-state index in [4.69, 9.17) is 9.72 Å². The highest BCUT2D eigenvalue weighted by Gasteiger charge is 2.18. The van der Waals surface area contributed by atoms with Crippen molar-refractivity contribution in [3.8, 4) is 39.7 Å². The molecule has 1 aliphatic heterocycles. The van der Waals surface area contributed by atoms with Crippen molar-refractivity contribution in [2.24, 2.45) is 0 Å². The number of halogens is 1. The van der Waals surface area contributed by atoms with Crippen LogP contribution in [0.5, 0.6) is 5.75 Å². The Kier molecular flexibility index (Phi) is 5.74. The first kappa shape index (κ1) is 23.4. The second-order valence-electron chi connectivity index (χ2n) is 9.85. The summed E-state index contributed by atoms with van der Waals surface area (Å²) in [6.45, 7) is 3.78. The molecule has 0 atom stereocenters. The predicted molar refractivity (Wildman–Crippen MR) is 147 cm³/mol. The molecule has 39 heavy (non-hydrogen) atoms. The van der Waals surface area contributed by atoms with Gasteiger partial charge in [-0.15, -0.1) is 0 Å². The summed E-state index contributed by atoms with van der Waals surface area (Å²) in [5, 5.41) is 11.8. The van der Waals surface area contributed by atoms with Gasteiger partial charge in [0.1, 0.15) is 23.4 Å². The molecule has 10 heteroatoms. The predicted octanol–water partition coefficient (Wildman–Crippen LogP) is 5.20. The van der Waals surface area contributed by atoms with E-state index >= 15 is 0 Å². The number of imidazole rings is 1. The van der Waals surface area contributed by atoms with E-state index in [2.05, 4.69) is 35.5 Å². The van der Waals surface area contributed by atoms with Crippen molar-refractivity contribution in [3.05, 3.63) is 72.7 Å². The fraction of sp³-hybridized carbons (Fsp3) is 0.207. The van der Waals surface area contributed by atoms with Crippen LogP contribution in [0.15, 0.2) is 61.3 Å². The molecule has 1 aliphatic rings. The highest BCUT2D eigenvalue weighted by molar-refractivity contribution is 5.97. The number of pyridine rings is 3. The van der Waals surface area contributed by atoms with E-state index in [-0.39, 0.29) is 11.9 Å². The molecular formula is C29H25FN8O. The highest BCUT2D eigenvalue weighted by Crippen LogP contribution is 2.33. The number of hydrogen-bond donors (Lipinski definition) is 3. The minimum absolute atomic E-state index is 0.183. The van der Waals surface area contributed by atoms with Crippen LogP contribution in [0.4, 0.5) is 4.39 Å². The minimum atomic E-state index is -0.296. The molecule has 0 aliphatic carbocycles. The zero-order valence-corrected chi connectivity index (χ0v) is 21.2. The number of benzene rings is 1. The molecule has 5 aromatic heterocycles. The Labute approximate surface area is 222 Å². The van der Waals surface area contributed by atoms with Crippen LogP contribution in [0.2, 0.25) is 0 Å². The molecule has 0 spiro atoms. The molecule has 1 fully saturated rings. The van der Waals surface area contributed by atoms with E-state index in [0.29, 0.717) is 17.0 Å². The van der Waals surface area contributed by atoms with Crippen molar-refractivity contribution in [1.82, 2.24) is 40.4 Å². The number of nitrogens with one attached hydrogen (secondary N) is 3. The minimum Gasteiger partial charge on any atom is -0.489 e. The third kappa shape index (κ3) is 4.48. The van der Waals surface area contributed by atoms with Gasteiger partial charge in [0.15, 0.2) is 5.82 Å². The molecule has 1 saturated heterocycles. The number of ether oxygens (including phenoxy) is 1. The SMILES string of the molecule is Cc1cc(F)cc(-c2cncc3[nH]c(-c4n[nH]c5cnc(-c6cncc(OC7CCNCC7)c6)cc45)nc23)c1. The maximum atomic E-state index is 14.2. The molecule has 0 saturated carbocycles. The van der Waals surface area contributed by atoms with Crippen LogP contribution in [0.1, 0.15) is 18.4 Å². The molecule has 6 heterocycles. The van der Waals surface area contributed by atoms with Crippen molar-refractivity contribution >= 4 is 21.9 Å². The lowest BCUT2D eigenvalue weighted by Gasteiger charge is -2.23. The van der Waals surface area contributed by atoms with E-state index in [1.807, 2.05) is 25.1 Å². The monoisotopic (exact) mass is 520 g/mol. The zero-order valence-electron chi connectivity index (χ0n) is 21.2. The number of fused-ring (bicyclic) bond motifs is 2. The Morgan fingerprint density at radius 2 is 1.77 bits per heavy atom. The third-order valence-corrected chi connectivity index (χ3v) is 7.02. The van der Waals surface area contributed by atoms with Crippen molar-refractivity contribution < 1.29 is 9.13 Å². The van der Waals surface area contributed by atoms with Crippen LogP contribution in [-0.2, 0) is 0 Å². The molecule has 0 amide bonds. The van der Waals surface area contributed by atoms with Gasteiger partial charge in [-0.25, -0.2) is 9.37 Å². The van der Waals surface area contributed by atoms with E-state index in [9.17, 15) is 4.39 Å². The summed E-state index contributed by atoms with van der Waals surface area (Å²) in [7, 11) is 0. The number of H-pyrrole nitrogens is 2. The fourth-order valence-electron chi connectivity index (χ4n) is 5.13. The molecule has 0 radical (unpaired) electrons. The Bertz CT molecular complexity index is 1800. The first-order valence-corrected chi connectivity index (χ1v) is 12.9. The molecule has 6 aromatic rings. The first-order chi connectivity index (χ1) is 19.1. The van der Waals surface area contributed by atoms with Crippen LogP contribution < -0.4 is 10.1 Å². The van der Waals surface area contributed by atoms with Crippen LogP contribution in [0.25, 0.3) is 55.8 Å². The standard InChI is InChI=1S/C29H25FN8O/c1-16-6-17(8-19(30)7-16)23-13-33-14-26-27(23)36-29(35-26)28-22-10-24(34-15-25(22)37-38-28)18-9-21(12-32-11-18)39-20-2-4-31-5-3-20/h6-15,20,31H,2-5H2,1H3,(H,35,36)(H,37,38). The average Bonchev–Trinajstić information content (AvgIpc) is 3.57. The number of aromatic nitrogens is 7. The summed E-state index contributed by atoms with van der Waals surface area (Å²) in [5.74, 6) is 1.02. The summed E-state index contributed by atoms with van der Waals surface area (Å²) >= 11 is 0. The Balaban J connectivity index is 1.26. The van der Waals surface area contributed by atoms with Gasteiger partial charge in [0.25, 0.3) is 0 Å². The largest absolute Gasteiger partial charge is 0.489 e. The van der Waals surface area contributed by atoms with Gasteiger partial charge >= 0.3 is 0 Å². The summed E-state index contributed by atoms with van der Waals surface area (Å²) < 4.78 is 20.3. The highest BCUT2D eigenvalue weighted by atomic mass is 19.1. The van der Waals surface area contributed by atoms with Gasteiger partial charge in [-0.1, -0.05) is 6.07 Å². The van der Waals surface area contributed by atoms with Gasteiger partial charge in [-0.05, 0) is 68.2 Å². The fourth-order valence-corrected chi connectivity index (χ4v) is 5.13. The maximum Gasteiger partial charge on any atom is 0.159 e. The Morgan fingerprint density at radius 3 is 2.64 bits per heavy atom. The molecule has 7 rings (SSSR count). The van der Waals surface area contributed by atoms with Gasteiger partial charge < -0.3 is 15.0 Å². The van der Waals surface area contributed by atoms with E-state index in [0.717, 1.165) is 76.0 Å². The van der Waals surface area contributed by atoms with Crippen molar-refractivity contribution in [1.29, 1.82) is 0 Å². The molecule has 9 nitrogen and oxygen atoms in total. The molecule has 1 aromatic carbocycles. The van der Waals surface area contributed by atoms with Crippen LogP contribution in [0.3, 0.4) is 0 Å². The summed E-state index contributed by atoms with van der Waals surface area (Å²) in [6.07, 6.45) is 10.8. The van der Waals surface area contributed by atoms with Crippen LogP contribution in [0, 0.1) is 12.7 Å². The quantitative estimate of drug-likeness (QED) is 0.286. The Hall–Kier alpha value is -4.70. The normalized spacial score (nSPS) is 14.3. The second-order valence-corrected chi connectivity index (χ2v) is 9.85. The third-order valence-electron chi connectivity index (χ3n) is 7.02. The van der Waals surface area contributed by atoms with Gasteiger partial charge in [0.2, 0.25) is 0 Å². The van der Waals surface area contributed by atoms with Crippen LogP contribution in [-0.4, -0.2) is 54.3 Å². The number of nitrogens with zero attached hydrogens (tertiary/aromatic N) is 5. The number of piperidine rings is 1. The topological polar surface area (TPSA) is 117 Å². The van der Waals surface area contributed by atoms with E-state index < -0.39 is 0 Å². The van der Waals surface area contributed by atoms with Crippen molar-refractivity contribution in [3.63, 3.8) is 0 Å². The molecule has 3 N–H and O–H groups in total. The second kappa shape index (κ2) is 9.55. The lowest BCUT2D eigenvalue weighted by Crippen LogP contribution is -2.34. The smallest absolute Gasteiger partial charge is 0.159 e. The van der Waals surface area contributed by atoms with E-state index in [1.165, 1.54) is 12.1 Å². The number of aromatic amines is 2. The molecule has 0 bridgehead atoms. The van der Waals surface area contributed by atoms with Crippen molar-refractivity contribution in [2.75, 3.05) is 13.1 Å². The summed E-state index contributed by atoms with van der Waals surface area (Å²) in [5.41, 5.74) is 6.78. The molecular weight excluding hydrogens is 495 g/mol. The summed E-state index contributed by atoms with van der Waals surface area (Å²) in [6, 6.07) is 8.87. The number of aryl methyl sites for hydroxylation is 1. The van der Waals surface area contributed by atoms with E-state index in [1.54, 1.807) is 31.0 Å². The van der Waals surface area contributed by atoms with Gasteiger partial charge in [-0.3, -0.25) is 20.1 Å². The van der Waals surface area contributed by atoms with Crippen LogP contribution >= 0.6 is 0 Å². The molecule has 194 valence electrons. The van der Waals surface area contributed by atoms with Gasteiger partial charge in [0, 0.05) is 28.9 Å². The summed E-state index contributed by atoms with van der Waals surface area (Å²) in [4.78, 5) is 21.6. The maximum absolute atomic E-state index is 14.2. The average molecular weight is 521 g/mol. The molecule has 0 unspecified atom stereocenters. The van der Waals surface area contributed by atoms with Crippen molar-refractivity contribution in [2.45, 2.75) is 25.9 Å². The lowest BCUT2D eigenvalue weighted by molar-refractivity contribution is 0.162. The van der Waals surface area contributed by atoms with Gasteiger partial charge in [0.05, 0.1) is 40.8 Å². The Morgan fingerprint density at radius 1 is 0.897 bits per heavy atom. The number of rotatable bonds is 5. The number of hydrogen-bond acceptors (Lipinski definition) is 7. The first-order valence-electron chi connectivity index (χ1n) is 12.9. The lowest BCUT2D eigenvalue weighted by atomic mass is 10.0. The van der Waals surface area contributed by atoms with Gasteiger partial charge in [-0.2, -0.15) is 5.10 Å². The zero-order chi connectivity index (χ0) is 26.3.